The molecule has 1 saturated heterocycles. The van der Waals surface area contributed by atoms with Gasteiger partial charge in [-0.1, -0.05) is 0 Å². The first-order valence-electron chi connectivity index (χ1n) is 7.12. The molecule has 0 unspecified atom stereocenters. The van der Waals surface area contributed by atoms with Gasteiger partial charge in [0.1, 0.15) is 0 Å². The van der Waals surface area contributed by atoms with Crippen molar-refractivity contribution >= 4 is 25.7 Å². The van der Waals surface area contributed by atoms with E-state index < -0.39 is 54.8 Å². The van der Waals surface area contributed by atoms with Crippen LogP contribution < -0.4 is 9.44 Å². The van der Waals surface area contributed by atoms with Crippen molar-refractivity contribution in [1.82, 2.24) is 0 Å². The van der Waals surface area contributed by atoms with Crippen LogP contribution in [-0.2, 0) is 20.0 Å². The van der Waals surface area contributed by atoms with Crippen LogP contribution in [0.3, 0.4) is 0 Å². The van der Waals surface area contributed by atoms with E-state index in [4.69, 9.17) is 10.6 Å². The van der Waals surface area contributed by atoms with Crippen LogP contribution in [0.15, 0.2) is 29.1 Å². The molecule has 1 aliphatic heterocycles. The topological polar surface area (TPSA) is 97.5 Å². The normalized spacial score (nSPS) is 22.8. The second kappa shape index (κ2) is 4.52. The van der Waals surface area contributed by atoms with Crippen LogP contribution in [0.5, 0.6) is 0 Å². The van der Waals surface area contributed by atoms with Crippen molar-refractivity contribution in [2.45, 2.75) is 17.7 Å². The van der Waals surface area contributed by atoms with Crippen LogP contribution in [0.1, 0.15) is 18.3 Å². The number of hydrogen-bond donors (Lipinski definition) is 1. The molecule has 1 heterocycles. The Morgan fingerprint density at radius 3 is 2.33 bits per heavy atom. The molecular weight excluding hydrogens is 276 g/mol. The quantitative estimate of drug-likeness (QED) is 0.846. The van der Waals surface area contributed by atoms with E-state index >= 15 is 0 Å². The van der Waals surface area contributed by atoms with E-state index in [1.165, 1.54) is 0 Å². The molecule has 0 aliphatic carbocycles. The molecule has 1 aliphatic rings. The Bertz CT molecular complexity index is 810. The summed E-state index contributed by atoms with van der Waals surface area (Å²) >= 11 is 0. The van der Waals surface area contributed by atoms with Gasteiger partial charge in [-0.15, -0.1) is 0 Å². The smallest absolute Gasteiger partial charge is 0.238 e. The molecular formula is C10H14N2O4S2. The van der Waals surface area contributed by atoms with Crippen LogP contribution in [0.25, 0.3) is 0 Å². The van der Waals surface area contributed by atoms with Gasteiger partial charge < -0.3 is 0 Å². The average molecular weight is 294 g/mol. The summed E-state index contributed by atoms with van der Waals surface area (Å²) in [6, 6.07) is -3.23. The molecule has 1 aromatic rings. The number of anilines is 1. The minimum Gasteiger partial charge on any atom is -0.270 e. The lowest BCUT2D eigenvalue weighted by Crippen LogP contribution is -2.37. The van der Waals surface area contributed by atoms with Crippen molar-refractivity contribution in [2.24, 2.45) is 5.14 Å². The first-order valence-corrected chi connectivity index (χ1v) is 8.27. The van der Waals surface area contributed by atoms with Gasteiger partial charge in [0.25, 0.3) is 0 Å². The highest BCUT2D eigenvalue weighted by Crippen LogP contribution is 2.24. The summed E-state index contributed by atoms with van der Waals surface area (Å²) in [7, 11) is -8.23. The van der Waals surface area contributed by atoms with Crippen LogP contribution in [0.2, 0.25) is 0 Å². The van der Waals surface area contributed by atoms with E-state index in [0.717, 1.165) is 4.31 Å². The van der Waals surface area contributed by atoms with Gasteiger partial charge in [-0.25, -0.2) is 22.0 Å². The molecule has 18 heavy (non-hydrogen) atoms. The van der Waals surface area contributed by atoms with Crippen molar-refractivity contribution < 1.29 is 22.3 Å². The lowest BCUT2D eigenvalue weighted by Gasteiger charge is -2.28. The van der Waals surface area contributed by atoms with Crippen LogP contribution in [0, 0.1) is 0 Å². The van der Waals surface area contributed by atoms with E-state index in [1.54, 1.807) is 0 Å². The molecule has 0 atom stereocenters. The van der Waals surface area contributed by atoms with Crippen molar-refractivity contribution in [1.29, 1.82) is 0 Å². The molecule has 0 spiro atoms. The Hall–Kier alpha value is -1.12. The fraction of sp³-hybridized carbons (Fsp3) is 0.400. The average Bonchev–Trinajstić information content (AvgIpc) is 2.37. The summed E-state index contributed by atoms with van der Waals surface area (Å²) in [6.07, 6.45) is 0.950. The summed E-state index contributed by atoms with van der Waals surface area (Å²) in [5.74, 6) is -0.163. The van der Waals surface area contributed by atoms with E-state index in [9.17, 15) is 16.8 Å². The highest BCUT2D eigenvalue weighted by Gasteiger charge is 2.26. The van der Waals surface area contributed by atoms with Gasteiger partial charge in [-0.2, -0.15) is 0 Å². The molecule has 0 amide bonds. The monoisotopic (exact) mass is 294 g/mol. The second-order valence-electron chi connectivity index (χ2n) is 3.82. The standard InChI is InChI=1S/C10H14N2O4S2/c11-18(15,16)10-5-3-9(4-6-10)12-7-1-2-8-17(12,13)14/h3-6H,1-2,7-8H2,(H2,11,15,16)/i3D,4D,5D,6D. The number of hydrogen-bond acceptors (Lipinski definition) is 4. The highest BCUT2D eigenvalue weighted by molar-refractivity contribution is 7.92. The zero-order valence-corrected chi connectivity index (χ0v) is 10.9. The van der Waals surface area contributed by atoms with Crippen molar-refractivity contribution in [3.63, 3.8) is 0 Å². The Balaban J connectivity index is 2.80. The third kappa shape index (κ3) is 2.65. The highest BCUT2D eigenvalue weighted by atomic mass is 32.2. The van der Waals surface area contributed by atoms with E-state index in [0.29, 0.717) is 12.8 Å². The van der Waals surface area contributed by atoms with Crippen molar-refractivity contribution in [2.75, 3.05) is 16.6 Å². The molecule has 0 aromatic heterocycles. The lowest BCUT2D eigenvalue weighted by atomic mass is 10.3. The van der Waals surface area contributed by atoms with Gasteiger partial charge in [0.05, 0.1) is 21.8 Å². The van der Waals surface area contributed by atoms with Crippen molar-refractivity contribution in [3.05, 3.63) is 24.2 Å². The van der Waals surface area contributed by atoms with Crippen LogP contribution in [0.4, 0.5) is 5.69 Å². The minimum absolute atomic E-state index is 0.0215. The summed E-state index contributed by atoms with van der Waals surface area (Å²) in [4.78, 5) is -0.944. The molecule has 1 aromatic carbocycles. The van der Waals surface area contributed by atoms with Gasteiger partial charge in [-0.05, 0) is 37.0 Å². The molecule has 100 valence electrons. The van der Waals surface area contributed by atoms with Crippen molar-refractivity contribution in [3.8, 4) is 0 Å². The summed E-state index contributed by atoms with van der Waals surface area (Å²) in [5.41, 5.74) is -0.442. The number of rotatable bonds is 2. The molecule has 6 nitrogen and oxygen atoms in total. The maximum absolute atomic E-state index is 12.1. The fourth-order valence-corrected chi connectivity index (χ4v) is 3.55. The summed E-state index contributed by atoms with van der Waals surface area (Å²) < 4.78 is 79.0. The number of sulfonamides is 2. The van der Waals surface area contributed by atoms with Crippen LogP contribution >= 0.6 is 0 Å². The number of nitrogens with zero attached hydrogens (tertiary/aromatic N) is 1. The van der Waals surface area contributed by atoms with Gasteiger partial charge in [-0.3, -0.25) is 4.31 Å². The maximum atomic E-state index is 12.1. The molecule has 0 saturated carbocycles. The first kappa shape index (κ1) is 8.89. The Morgan fingerprint density at radius 1 is 1.22 bits per heavy atom. The van der Waals surface area contributed by atoms with Crippen LogP contribution in [-0.4, -0.2) is 29.1 Å². The fourth-order valence-electron chi connectivity index (χ4n) is 1.60. The minimum atomic E-state index is -4.47. The largest absolute Gasteiger partial charge is 0.270 e. The van der Waals surface area contributed by atoms with Gasteiger partial charge >= 0.3 is 0 Å². The predicted octanol–water partition coefficient (Wildman–Crippen LogP) is 0.264. The zero-order valence-electron chi connectivity index (χ0n) is 13.3. The number of primary sulfonamides is 1. The molecule has 0 bridgehead atoms. The van der Waals surface area contributed by atoms with Gasteiger partial charge in [0.2, 0.25) is 20.0 Å². The second-order valence-corrected chi connectivity index (χ2v) is 7.33. The zero-order chi connectivity index (χ0) is 16.9. The Labute approximate surface area is 112 Å². The Morgan fingerprint density at radius 2 is 1.83 bits per heavy atom. The summed E-state index contributed by atoms with van der Waals surface area (Å²) in [5, 5.41) is 4.91. The number of benzene rings is 1. The lowest BCUT2D eigenvalue weighted by molar-refractivity contribution is 0.574. The first-order chi connectivity index (χ1) is 9.98. The Kier molecular flexibility index (Phi) is 2.23. The van der Waals surface area contributed by atoms with E-state index in [2.05, 4.69) is 0 Å². The molecule has 1 fully saturated rings. The van der Waals surface area contributed by atoms with E-state index in [-0.39, 0.29) is 12.3 Å². The molecule has 2 N–H and O–H groups in total. The molecule has 2 rings (SSSR count). The third-order valence-corrected chi connectivity index (χ3v) is 5.09. The van der Waals surface area contributed by atoms with Gasteiger partial charge in [0.15, 0.2) is 0 Å². The number of nitrogens with two attached hydrogens (primary N) is 1. The maximum Gasteiger partial charge on any atom is 0.238 e. The van der Waals surface area contributed by atoms with Gasteiger partial charge in [0, 0.05) is 6.54 Å². The molecule has 0 radical (unpaired) electrons. The van der Waals surface area contributed by atoms with E-state index in [1.807, 2.05) is 0 Å². The SMILES string of the molecule is [2H]c1c([2H])c(S(N)(=O)=O)c([2H])c([2H])c1N1CCCCS1(=O)=O. The molecule has 8 heteroatoms. The predicted molar refractivity (Wildman–Crippen MR) is 68.2 cm³/mol. The summed E-state index contributed by atoms with van der Waals surface area (Å²) in [6.45, 7) is 0.0215. The third-order valence-electron chi connectivity index (χ3n) is 2.47.